The standard InChI is InChI=1S/C19H22FN3O4/c1-2-26-19(25)13-6-5-11-23(12-13)17(24)10-9-16-21-18(22-27-16)14-7-3-4-8-15(14)20/h3-4,7-8,13H,2,5-6,9-12H2,1H3/t13-/m1/s1. The Morgan fingerprint density at radius 1 is 1.37 bits per heavy atom. The first-order valence-corrected chi connectivity index (χ1v) is 9.10. The van der Waals surface area contributed by atoms with Gasteiger partial charge in [0.15, 0.2) is 0 Å². The van der Waals surface area contributed by atoms with Crippen molar-refractivity contribution in [3.05, 3.63) is 36.0 Å². The number of benzene rings is 1. The summed E-state index contributed by atoms with van der Waals surface area (Å²) in [6, 6.07) is 6.17. The summed E-state index contributed by atoms with van der Waals surface area (Å²) in [5, 5.41) is 3.78. The number of aryl methyl sites for hydroxylation is 1. The molecule has 1 amide bonds. The van der Waals surface area contributed by atoms with Gasteiger partial charge >= 0.3 is 5.97 Å². The van der Waals surface area contributed by atoms with Gasteiger partial charge in [-0.1, -0.05) is 17.3 Å². The van der Waals surface area contributed by atoms with Gasteiger partial charge in [0, 0.05) is 25.9 Å². The summed E-state index contributed by atoms with van der Waals surface area (Å²) in [5.41, 5.74) is 0.257. The number of carbonyl (C=O) groups is 2. The van der Waals surface area contributed by atoms with Gasteiger partial charge in [-0.2, -0.15) is 4.98 Å². The molecule has 2 aromatic rings. The molecule has 0 saturated carbocycles. The Kier molecular flexibility index (Phi) is 6.16. The second-order valence-corrected chi connectivity index (χ2v) is 6.42. The van der Waals surface area contributed by atoms with Crippen molar-refractivity contribution in [3.63, 3.8) is 0 Å². The van der Waals surface area contributed by atoms with Crippen molar-refractivity contribution < 1.29 is 23.2 Å². The maximum atomic E-state index is 13.8. The highest BCUT2D eigenvalue weighted by Gasteiger charge is 2.29. The largest absolute Gasteiger partial charge is 0.466 e. The highest BCUT2D eigenvalue weighted by molar-refractivity contribution is 5.78. The number of rotatable bonds is 6. The van der Waals surface area contributed by atoms with Gasteiger partial charge in [0.1, 0.15) is 5.82 Å². The predicted molar refractivity (Wildman–Crippen MR) is 94.0 cm³/mol. The Labute approximate surface area is 156 Å². The number of likely N-dealkylation sites (tertiary alicyclic amines) is 1. The van der Waals surface area contributed by atoms with Gasteiger partial charge in [-0.3, -0.25) is 9.59 Å². The molecule has 8 heteroatoms. The van der Waals surface area contributed by atoms with E-state index in [0.717, 1.165) is 12.8 Å². The van der Waals surface area contributed by atoms with E-state index in [-0.39, 0.29) is 47.9 Å². The fourth-order valence-electron chi connectivity index (χ4n) is 3.14. The van der Waals surface area contributed by atoms with Gasteiger partial charge in [-0.25, -0.2) is 4.39 Å². The number of amides is 1. The highest BCUT2D eigenvalue weighted by Crippen LogP contribution is 2.21. The molecule has 1 aliphatic heterocycles. The number of ether oxygens (including phenoxy) is 1. The van der Waals surface area contributed by atoms with Gasteiger partial charge in [0.2, 0.25) is 17.6 Å². The summed E-state index contributed by atoms with van der Waals surface area (Å²) in [4.78, 5) is 30.2. The van der Waals surface area contributed by atoms with Crippen molar-refractivity contribution in [2.45, 2.75) is 32.6 Å². The monoisotopic (exact) mass is 375 g/mol. The number of carbonyl (C=O) groups excluding carboxylic acids is 2. The molecule has 0 bridgehead atoms. The van der Waals surface area contributed by atoms with Crippen molar-refractivity contribution in [1.82, 2.24) is 15.0 Å². The molecule has 1 fully saturated rings. The van der Waals surface area contributed by atoms with Gasteiger partial charge < -0.3 is 14.2 Å². The number of nitrogens with zero attached hydrogens (tertiary/aromatic N) is 3. The number of hydrogen-bond donors (Lipinski definition) is 0. The number of halogens is 1. The van der Waals surface area contributed by atoms with E-state index in [9.17, 15) is 14.0 Å². The van der Waals surface area contributed by atoms with Crippen LogP contribution in [0.25, 0.3) is 11.4 Å². The highest BCUT2D eigenvalue weighted by atomic mass is 19.1. The van der Waals surface area contributed by atoms with E-state index >= 15 is 0 Å². The third-order valence-electron chi connectivity index (χ3n) is 4.53. The summed E-state index contributed by atoms with van der Waals surface area (Å²) >= 11 is 0. The zero-order valence-electron chi connectivity index (χ0n) is 15.2. The Balaban J connectivity index is 1.55. The van der Waals surface area contributed by atoms with Crippen molar-refractivity contribution >= 4 is 11.9 Å². The number of aromatic nitrogens is 2. The van der Waals surface area contributed by atoms with Crippen LogP contribution in [0.15, 0.2) is 28.8 Å². The zero-order valence-corrected chi connectivity index (χ0v) is 15.2. The molecule has 1 aliphatic rings. The van der Waals surface area contributed by atoms with Crippen LogP contribution < -0.4 is 0 Å². The molecule has 1 saturated heterocycles. The van der Waals surface area contributed by atoms with E-state index in [1.54, 1.807) is 30.0 Å². The van der Waals surface area contributed by atoms with Crippen LogP contribution in [-0.2, 0) is 20.7 Å². The van der Waals surface area contributed by atoms with E-state index in [4.69, 9.17) is 9.26 Å². The zero-order chi connectivity index (χ0) is 19.2. The second-order valence-electron chi connectivity index (χ2n) is 6.42. The minimum Gasteiger partial charge on any atom is -0.466 e. The quantitative estimate of drug-likeness (QED) is 0.722. The molecule has 0 unspecified atom stereocenters. The average molecular weight is 375 g/mol. The van der Waals surface area contributed by atoms with E-state index in [1.165, 1.54) is 6.07 Å². The number of hydrogen-bond acceptors (Lipinski definition) is 6. The lowest BCUT2D eigenvalue weighted by Crippen LogP contribution is -2.42. The van der Waals surface area contributed by atoms with Gasteiger partial charge in [-0.15, -0.1) is 0 Å². The molecule has 1 aromatic heterocycles. The molecule has 0 aliphatic carbocycles. The van der Waals surface area contributed by atoms with E-state index < -0.39 is 5.82 Å². The lowest BCUT2D eigenvalue weighted by Gasteiger charge is -2.31. The van der Waals surface area contributed by atoms with Crippen LogP contribution in [0.2, 0.25) is 0 Å². The van der Waals surface area contributed by atoms with Crippen LogP contribution in [0, 0.1) is 11.7 Å². The van der Waals surface area contributed by atoms with Crippen molar-refractivity contribution in [1.29, 1.82) is 0 Å². The van der Waals surface area contributed by atoms with E-state index in [0.29, 0.717) is 19.7 Å². The minimum absolute atomic E-state index is 0.0744. The third-order valence-corrected chi connectivity index (χ3v) is 4.53. The fourth-order valence-corrected chi connectivity index (χ4v) is 3.14. The Hall–Kier alpha value is -2.77. The maximum Gasteiger partial charge on any atom is 0.310 e. The van der Waals surface area contributed by atoms with Gasteiger partial charge in [0.05, 0.1) is 18.1 Å². The number of esters is 1. The molecule has 27 heavy (non-hydrogen) atoms. The molecule has 7 nitrogen and oxygen atoms in total. The smallest absolute Gasteiger partial charge is 0.310 e. The topological polar surface area (TPSA) is 85.5 Å². The molecule has 1 atom stereocenters. The lowest BCUT2D eigenvalue weighted by atomic mass is 9.98. The van der Waals surface area contributed by atoms with Crippen LogP contribution >= 0.6 is 0 Å². The molecule has 1 aromatic carbocycles. The average Bonchev–Trinajstić information content (AvgIpc) is 3.15. The first-order chi connectivity index (χ1) is 13.1. The van der Waals surface area contributed by atoms with Crippen LogP contribution in [0.5, 0.6) is 0 Å². The third kappa shape index (κ3) is 4.69. The molecular weight excluding hydrogens is 353 g/mol. The SMILES string of the molecule is CCOC(=O)[C@@H]1CCCN(C(=O)CCc2nc(-c3ccccc3F)no2)C1. The summed E-state index contributed by atoms with van der Waals surface area (Å²) < 4.78 is 24.0. The first-order valence-electron chi connectivity index (χ1n) is 9.10. The van der Waals surface area contributed by atoms with Crippen molar-refractivity contribution in [3.8, 4) is 11.4 Å². The molecular formula is C19H22FN3O4. The molecule has 0 N–H and O–H groups in total. The Morgan fingerprint density at radius 3 is 2.96 bits per heavy atom. The first kappa shape index (κ1) is 19.0. The summed E-state index contributed by atoms with van der Waals surface area (Å²) in [6.45, 7) is 3.11. The Bertz CT molecular complexity index is 808. The second kappa shape index (κ2) is 8.75. The number of piperidine rings is 1. The van der Waals surface area contributed by atoms with Crippen LogP contribution in [0.4, 0.5) is 4.39 Å². The molecule has 3 rings (SSSR count). The van der Waals surface area contributed by atoms with Crippen molar-refractivity contribution in [2.75, 3.05) is 19.7 Å². The summed E-state index contributed by atoms with van der Waals surface area (Å²) in [5.74, 6) is -0.578. The van der Waals surface area contributed by atoms with Crippen LogP contribution in [0.3, 0.4) is 0 Å². The van der Waals surface area contributed by atoms with Crippen LogP contribution in [-0.4, -0.2) is 46.6 Å². The van der Waals surface area contributed by atoms with E-state index in [2.05, 4.69) is 10.1 Å². The molecule has 2 heterocycles. The molecule has 0 spiro atoms. The lowest BCUT2D eigenvalue weighted by molar-refractivity contribution is -0.151. The van der Waals surface area contributed by atoms with Gasteiger partial charge in [-0.05, 0) is 31.9 Å². The Morgan fingerprint density at radius 2 is 2.19 bits per heavy atom. The molecule has 0 radical (unpaired) electrons. The summed E-state index contributed by atoms with van der Waals surface area (Å²) in [6.07, 6.45) is 1.96. The van der Waals surface area contributed by atoms with Gasteiger partial charge in [0.25, 0.3) is 0 Å². The minimum atomic E-state index is -0.431. The fraction of sp³-hybridized carbons (Fsp3) is 0.474. The maximum absolute atomic E-state index is 13.8. The normalized spacial score (nSPS) is 17.0. The van der Waals surface area contributed by atoms with Crippen molar-refractivity contribution in [2.24, 2.45) is 5.92 Å². The van der Waals surface area contributed by atoms with E-state index in [1.807, 2.05) is 0 Å². The summed E-state index contributed by atoms with van der Waals surface area (Å²) in [7, 11) is 0. The molecule has 144 valence electrons. The predicted octanol–water partition coefficient (Wildman–Crippen LogP) is 2.61. The van der Waals surface area contributed by atoms with Crippen LogP contribution in [0.1, 0.15) is 32.1 Å².